The molecule has 0 saturated carbocycles. The molecule has 9 heteroatoms. The Morgan fingerprint density at radius 1 is 1.23 bits per heavy atom. The summed E-state index contributed by atoms with van der Waals surface area (Å²) in [4.78, 5) is 8.09. The van der Waals surface area contributed by atoms with Crippen molar-refractivity contribution in [1.82, 2.24) is 9.97 Å². The fraction of sp³-hybridized carbons (Fsp3) is 0.333. The van der Waals surface area contributed by atoms with Crippen molar-refractivity contribution in [2.75, 3.05) is 12.4 Å². The lowest BCUT2D eigenvalue weighted by Gasteiger charge is -2.43. The van der Waals surface area contributed by atoms with Crippen molar-refractivity contribution < 1.29 is 27.4 Å². The maximum Gasteiger partial charge on any atom is 0.419 e. The van der Waals surface area contributed by atoms with Gasteiger partial charge in [-0.3, -0.25) is 0 Å². The van der Waals surface area contributed by atoms with Gasteiger partial charge in [0.2, 0.25) is 0 Å². The van der Waals surface area contributed by atoms with Crippen molar-refractivity contribution in [3.63, 3.8) is 0 Å². The first kappa shape index (κ1) is 20.3. The Morgan fingerprint density at radius 3 is 2.70 bits per heavy atom. The van der Waals surface area contributed by atoms with E-state index in [1.54, 1.807) is 19.1 Å². The molecule has 0 bridgehead atoms. The fourth-order valence-electron chi connectivity index (χ4n) is 3.88. The van der Waals surface area contributed by atoms with Gasteiger partial charge in [0.15, 0.2) is 5.60 Å². The molecule has 0 fully saturated rings. The van der Waals surface area contributed by atoms with E-state index in [-0.39, 0.29) is 28.6 Å². The third-order valence-corrected chi connectivity index (χ3v) is 5.53. The molecule has 158 valence electrons. The number of benzene rings is 2. The number of ether oxygens (including phenoxy) is 1. The van der Waals surface area contributed by atoms with Crippen LogP contribution in [0.3, 0.4) is 0 Å². The van der Waals surface area contributed by atoms with Gasteiger partial charge in [0.1, 0.15) is 22.9 Å². The molecule has 2 aromatic carbocycles. The minimum Gasteiger partial charge on any atom is -0.497 e. The Bertz CT molecular complexity index is 1120. The molecule has 1 aliphatic carbocycles. The summed E-state index contributed by atoms with van der Waals surface area (Å²) in [5.74, 6) is 0.0887. The molecule has 2 N–H and O–H groups in total. The first-order chi connectivity index (χ1) is 14.1. The molecule has 4 rings (SSSR count). The van der Waals surface area contributed by atoms with Crippen LogP contribution < -0.4 is 10.1 Å². The van der Waals surface area contributed by atoms with Gasteiger partial charge in [0, 0.05) is 17.3 Å². The van der Waals surface area contributed by atoms with Crippen LogP contribution in [0.5, 0.6) is 5.75 Å². The van der Waals surface area contributed by atoms with Crippen LogP contribution >= 0.6 is 0 Å². The van der Waals surface area contributed by atoms with Gasteiger partial charge in [0.05, 0.1) is 13.2 Å². The zero-order valence-electron chi connectivity index (χ0n) is 16.2. The molecule has 1 aliphatic rings. The van der Waals surface area contributed by atoms with Crippen molar-refractivity contribution in [2.45, 2.75) is 37.6 Å². The normalized spacial score (nSPS) is 21.4. The molecule has 0 aliphatic heterocycles. The Morgan fingerprint density at radius 2 is 2.00 bits per heavy atom. The second-order valence-electron chi connectivity index (χ2n) is 7.34. The molecule has 5 nitrogen and oxygen atoms in total. The number of aliphatic hydroxyl groups is 1. The van der Waals surface area contributed by atoms with Crippen LogP contribution in [0.2, 0.25) is 0 Å². The average molecular weight is 421 g/mol. The van der Waals surface area contributed by atoms with E-state index in [1.165, 1.54) is 25.4 Å². The first-order valence-corrected chi connectivity index (χ1v) is 9.28. The summed E-state index contributed by atoms with van der Waals surface area (Å²) in [5, 5.41) is 13.8. The molecule has 0 radical (unpaired) electrons. The second-order valence-corrected chi connectivity index (χ2v) is 7.34. The Kier molecular flexibility index (Phi) is 4.80. The molecule has 30 heavy (non-hydrogen) atoms. The number of aryl methyl sites for hydroxylation is 2. The van der Waals surface area contributed by atoms with Crippen LogP contribution in [-0.2, 0) is 6.42 Å². The summed E-state index contributed by atoms with van der Waals surface area (Å²) in [7, 11) is 1.41. The van der Waals surface area contributed by atoms with E-state index in [0.29, 0.717) is 17.1 Å². The zero-order chi connectivity index (χ0) is 21.7. The number of hydrogen-bond acceptors (Lipinski definition) is 5. The highest BCUT2D eigenvalue weighted by Crippen LogP contribution is 2.49. The Labute approximate surface area is 169 Å². The summed E-state index contributed by atoms with van der Waals surface area (Å²) >= 11 is 0. The minimum absolute atomic E-state index is 0.00952. The number of halogens is 4. The number of rotatable bonds is 3. The van der Waals surface area contributed by atoms with Crippen LogP contribution in [0.15, 0.2) is 36.5 Å². The van der Waals surface area contributed by atoms with Gasteiger partial charge < -0.3 is 15.2 Å². The van der Waals surface area contributed by atoms with Crippen LogP contribution in [0.1, 0.15) is 29.4 Å². The van der Waals surface area contributed by atoms with E-state index in [0.717, 1.165) is 6.07 Å². The van der Waals surface area contributed by atoms with Gasteiger partial charge in [0.25, 0.3) is 0 Å². The van der Waals surface area contributed by atoms with E-state index >= 15 is 0 Å². The van der Waals surface area contributed by atoms with Crippen molar-refractivity contribution in [3.8, 4) is 5.75 Å². The van der Waals surface area contributed by atoms with E-state index in [9.17, 15) is 22.7 Å². The lowest BCUT2D eigenvalue weighted by atomic mass is 9.75. The predicted octanol–water partition coefficient (Wildman–Crippen LogP) is 4.48. The molecule has 1 aromatic heterocycles. The van der Waals surface area contributed by atoms with E-state index < -0.39 is 30.1 Å². The fourth-order valence-corrected chi connectivity index (χ4v) is 3.88. The molecule has 0 amide bonds. The zero-order valence-corrected chi connectivity index (χ0v) is 16.2. The number of methoxy groups -OCH3 is 1. The van der Waals surface area contributed by atoms with Crippen molar-refractivity contribution in [2.24, 2.45) is 0 Å². The van der Waals surface area contributed by atoms with Crippen LogP contribution in [0.25, 0.3) is 10.9 Å². The van der Waals surface area contributed by atoms with E-state index in [2.05, 4.69) is 15.3 Å². The smallest absolute Gasteiger partial charge is 0.419 e. The SMILES string of the molecule is COc1ccc2c(c1)C(Nc1ccc(F)c3nc(C)ncc13)C(O)(C(F)(F)F)CC2. The lowest BCUT2D eigenvalue weighted by molar-refractivity contribution is -0.270. The molecular formula is C21H19F4N3O2. The van der Waals surface area contributed by atoms with Gasteiger partial charge >= 0.3 is 6.18 Å². The number of nitrogens with zero attached hydrogens (tertiary/aromatic N) is 2. The minimum atomic E-state index is -4.89. The second kappa shape index (κ2) is 7.09. The summed E-state index contributed by atoms with van der Waals surface area (Å²) in [6, 6.07) is 5.74. The van der Waals surface area contributed by atoms with E-state index in [4.69, 9.17) is 4.74 Å². The highest BCUT2D eigenvalue weighted by molar-refractivity contribution is 5.91. The molecule has 0 saturated heterocycles. The molecule has 2 unspecified atom stereocenters. The van der Waals surface area contributed by atoms with Crippen LogP contribution in [0.4, 0.5) is 23.2 Å². The topological polar surface area (TPSA) is 67.3 Å². The molecule has 0 spiro atoms. The predicted molar refractivity (Wildman–Crippen MR) is 103 cm³/mol. The largest absolute Gasteiger partial charge is 0.497 e. The third-order valence-electron chi connectivity index (χ3n) is 5.53. The number of anilines is 1. The van der Waals surface area contributed by atoms with Gasteiger partial charge in [-0.15, -0.1) is 0 Å². The lowest BCUT2D eigenvalue weighted by Crippen LogP contribution is -2.54. The first-order valence-electron chi connectivity index (χ1n) is 9.28. The van der Waals surface area contributed by atoms with Crippen LogP contribution in [-0.4, -0.2) is 34.0 Å². The molecule has 1 heterocycles. The van der Waals surface area contributed by atoms with E-state index in [1.807, 2.05) is 0 Å². The summed E-state index contributed by atoms with van der Waals surface area (Å²) in [6.07, 6.45) is -4.00. The van der Waals surface area contributed by atoms with Gasteiger partial charge in [-0.2, -0.15) is 13.2 Å². The molecule has 3 aromatic rings. The van der Waals surface area contributed by atoms with Gasteiger partial charge in [-0.1, -0.05) is 6.07 Å². The number of aromatic nitrogens is 2. The molecular weight excluding hydrogens is 402 g/mol. The number of alkyl halides is 3. The number of fused-ring (bicyclic) bond motifs is 2. The van der Waals surface area contributed by atoms with Gasteiger partial charge in [-0.05, 0) is 55.2 Å². The maximum atomic E-state index is 14.2. The van der Waals surface area contributed by atoms with Crippen molar-refractivity contribution in [3.05, 3.63) is 59.3 Å². The monoisotopic (exact) mass is 421 g/mol. The summed E-state index contributed by atoms with van der Waals surface area (Å²) < 4.78 is 61.4. The quantitative estimate of drug-likeness (QED) is 0.611. The Balaban J connectivity index is 1.89. The summed E-state index contributed by atoms with van der Waals surface area (Å²) in [5.41, 5.74) is -1.91. The highest BCUT2D eigenvalue weighted by Gasteiger charge is 2.60. The third kappa shape index (κ3) is 3.23. The number of hydrogen-bond donors (Lipinski definition) is 2. The highest BCUT2D eigenvalue weighted by atomic mass is 19.4. The maximum absolute atomic E-state index is 14.2. The molecule has 2 atom stereocenters. The van der Waals surface area contributed by atoms with Crippen molar-refractivity contribution in [1.29, 1.82) is 0 Å². The van der Waals surface area contributed by atoms with Crippen LogP contribution in [0, 0.1) is 12.7 Å². The van der Waals surface area contributed by atoms with Gasteiger partial charge in [-0.25, -0.2) is 14.4 Å². The number of nitrogens with one attached hydrogen (secondary N) is 1. The standard InChI is InChI=1S/C21H19F4N3O2/c1-11-26-10-15-17(6-5-16(22)18(15)27-11)28-19-14-9-13(30-2)4-3-12(14)7-8-20(19,29)21(23,24)25/h3-6,9-10,19,28-29H,7-8H2,1-2H3. The summed E-state index contributed by atoms with van der Waals surface area (Å²) in [6.45, 7) is 1.59. The average Bonchev–Trinajstić information content (AvgIpc) is 2.70. The Hall–Kier alpha value is -2.94. The van der Waals surface area contributed by atoms with Crippen molar-refractivity contribution >= 4 is 16.6 Å².